The van der Waals surface area contributed by atoms with Crippen molar-refractivity contribution in [2.24, 2.45) is 0 Å². The lowest BCUT2D eigenvalue weighted by Gasteiger charge is -2.09. The summed E-state index contributed by atoms with van der Waals surface area (Å²) in [6, 6.07) is 8.46. The van der Waals surface area contributed by atoms with Crippen LogP contribution in [0.3, 0.4) is 0 Å². The summed E-state index contributed by atoms with van der Waals surface area (Å²) in [5, 5.41) is 8.30. The number of halogens is 1. The summed E-state index contributed by atoms with van der Waals surface area (Å²) in [6.45, 7) is 3.68. The van der Waals surface area contributed by atoms with Crippen molar-refractivity contribution in [1.29, 1.82) is 0 Å². The monoisotopic (exact) mass is 263 g/mol. The number of likely N-dealkylation sites (N-methyl/N-ethyl adjacent to an activating group) is 1. The molecule has 0 saturated heterocycles. The van der Waals surface area contributed by atoms with E-state index >= 15 is 0 Å². The summed E-state index contributed by atoms with van der Waals surface area (Å²) >= 11 is 6.03. The van der Waals surface area contributed by atoms with E-state index in [9.17, 15) is 0 Å². The van der Waals surface area contributed by atoms with Crippen molar-refractivity contribution in [3.63, 3.8) is 0 Å². The van der Waals surface area contributed by atoms with Crippen LogP contribution in [0.4, 0.5) is 0 Å². The highest BCUT2D eigenvalue weighted by atomic mass is 35.5. The summed E-state index contributed by atoms with van der Waals surface area (Å²) in [6.07, 6.45) is 2.91. The number of aryl methyl sites for hydroxylation is 1. The zero-order valence-corrected chi connectivity index (χ0v) is 11.5. The Bertz CT molecular complexity index is 500. The molecular formula is C14H18ClN3. The highest BCUT2D eigenvalue weighted by molar-refractivity contribution is 6.31. The van der Waals surface area contributed by atoms with Crippen molar-refractivity contribution in [2.75, 3.05) is 13.6 Å². The van der Waals surface area contributed by atoms with Crippen LogP contribution in [0.15, 0.2) is 30.5 Å². The fourth-order valence-electron chi connectivity index (χ4n) is 1.96. The van der Waals surface area contributed by atoms with Gasteiger partial charge in [-0.3, -0.25) is 4.68 Å². The number of hydrogen-bond acceptors (Lipinski definition) is 2. The Morgan fingerprint density at radius 1 is 1.28 bits per heavy atom. The molecule has 0 radical (unpaired) electrons. The molecule has 1 aromatic heterocycles. The Balaban J connectivity index is 2.17. The minimum atomic E-state index is 0.725. The van der Waals surface area contributed by atoms with Gasteiger partial charge >= 0.3 is 0 Å². The van der Waals surface area contributed by atoms with Gasteiger partial charge < -0.3 is 5.32 Å². The summed E-state index contributed by atoms with van der Waals surface area (Å²) in [4.78, 5) is 0. The molecule has 1 heterocycles. The van der Waals surface area contributed by atoms with Gasteiger partial charge in [-0.2, -0.15) is 5.10 Å². The Morgan fingerprint density at radius 2 is 2.00 bits per heavy atom. The van der Waals surface area contributed by atoms with Crippen molar-refractivity contribution in [3.05, 3.63) is 52.3 Å². The lowest BCUT2D eigenvalue weighted by Crippen LogP contribution is -2.12. The van der Waals surface area contributed by atoms with Crippen molar-refractivity contribution < 1.29 is 0 Å². The van der Waals surface area contributed by atoms with E-state index in [2.05, 4.69) is 34.7 Å². The van der Waals surface area contributed by atoms with E-state index in [1.807, 2.05) is 24.9 Å². The molecule has 96 valence electrons. The molecule has 0 spiro atoms. The Labute approximate surface area is 113 Å². The van der Waals surface area contributed by atoms with E-state index < -0.39 is 0 Å². The zero-order valence-electron chi connectivity index (χ0n) is 10.8. The Morgan fingerprint density at radius 3 is 2.61 bits per heavy atom. The number of benzene rings is 1. The average molecular weight is 264 g/mol. The molecule has 0 aliphatic heterocycles. The molecule has 0 atom stereocenters. The first-order chi connectivity index (χ1) is 8.70. The van der Waals surface area contributed by atoms with Gasteiger partial charge in [0.1, 0.15) is 0 Å². The van der Waals surface area contributed by atoms with Crippen LogP contribution in [0.25, 0.3) is 0 Å². The first-order valence-corrected chi connectivity index (χ1v) is 6.49. The van der Waals surface area contributed by atoms with Gasteiger partial charge in [-0.15, -0.1) is 0 Å². The number of nitrogens with one attached hydrogen (secondary N) is 1. The van der Waals surface area contributed by atoms with Gasteiger partial charge in [-0.1, -0.05) is 35.9 Å². The molecule has 0 unspecified atom stereocenters. The van der Waals surface area contributed by atoms with Crippen LogP contribution in [0.1, 0.15) is 16.8 Å². The minimum absolute atomic E-state index is 0.725. The summed E-state index contributed by atoms with van der Waals surface area (Å²) in [5.74, 6) is 0. The molecule has 1 N–H and O–H groups in total. The highest BCUT2D eigenvalue weighted by Gasteiger charge is 2.05. The number of rotatable bonds is 5. The summed E-state index contributed by atoms with van der Waals surface area (Å²) < 4.78 is 1.90. The standard InChI is InChI=1S/C14H18ClN3/c1-11-14(15)10-18(17-11)9-13-6-4-3-5-12(13)7-8-16-2/h3-6,10,16H,7-9H2,1-2H3. The van der Waals surface area contributed by atoms with Crippen LogP contribution in [0.5, 0.6) is 0 Å². The van der Waals surface area contributed by atoms with Crippen LogP contribution in [0, 0.1) is 6.92 Å². The predicted octanol–water partition coefficient (Wildman–Crippen LogP) is 2.66. The van der Waals surface area contributed by atoms with Crippen molar-refractivity contribution in [2.45, 2.75) is 19.9 Å². The maximum atomic E-state index is 6.03. The van der Waals surface area contributed by atoms with E-state index in [-0.39, 0.29) is 0 Å². The molecule has 0 amide bonds. The van der Waals surface area contributed by atoms with Crippen LogP contribution in [-0.2, 0) is 13.0 Å². The molecule has 3 nitrogen and oxygen atoms in total. The van der Waals surface area contributed by atoms with Crippen molar-refractivity contribution in [1.82, 2.24) is 15.1 Å². The highest BCUT2D eigenvalue weighted by Crippen LogP contribution is 2.15. The van der Waals surface area contributed by atoms with Crippen LogP contribution in [-0.4, -0.2) is 23.4 Å². The SMILES string of the molecule is CNCCc1ccccc1Cn1cc(Cl)c(C)n1. The Hall–Kier alpha value is -1.32. The molecule has 0 aliphatic carbocycles. The fourth-order valence-corrected chi connectivity index (χ4v) is 2.11. The fraction of sp³-hybridized carbons (Fsp3) is 0.357. The predicted molar refractivity (Wildman–Crippen MR) is 75.1 cm³/mol. The van der Waals surface area contributed by atoms with E-state index in [1.165, 1.54) is 11.1 Å². The van der Waals surface area contributed by atoms with Crippen molar-refractivity contribution in [3.8, 4) is 0 Å². The maximum Gasteiger partial charge on any atom is 0.0815 e. The van der Waals surface area contributed by atoms with Crippen LogP contribution < -0.4 is 5.32 Å². The second kappa shape index (κ2) is 6.03. The molecule has 4 heteroatoms. The number of aromatic nitrogens is 2. The molecule has 2 rings (SSSR count). The normalized spacial score (nSPS) is 10.8. The van der Waals surface area contributed by atoms with Gasteiger partial charge in [-0.25, -0.2) is 0 Å². The Kier molecular flexibility index (Phi) is 4.39. The van der Waals surface area contributed by atoms with E-state index in [0.717, 1.165) is 30.2 Å². The van der Waals surface area contributed by atoms with Gasteiger partial charge in [0, 0.05) is 6.20 Å². The second-order valence-corrected chi connectivity index (χ2v) is 4.79. The largest absolute Gasteiger partial charge is 0.319 e. The smallest absolute Gasteiger partial charge is 0.0815 e. The molecule has 2 aromatic rings. The van der Waals surface area contributed by atoms with Gasteiger partial charge in [0.05, 0.1) is 17.3 Å². The third kappa shape index (κ3) is 3.12. The van der Waals surface area contributed by atoms with Gasteiger partial charge in [0.25, 0.3) is 0 Å². The number of nitrogens with zero attached hydrogens (tertiary/aromatic N) is 2. The minimum Gasteiger partial charge on any atom is -0.319 e. The molecule has 1 aromatic carbocycles. The quantitative estimate of drug-likeness (QED) is 0.899. The van der Waals surface area contributed by atoms with E-state index in [1.54, 1.807) is 0 Å². The molecule has 0 bridgehead atoms. The molecule has 18 heavy (non-hydrogen) atoms. The summed E-state index contributed by atoms with van der Waals surface area (Å²) in [5.41, 5.74) is 3.53. The maximum absolute atomic E-state index is 6.03. The molecule has 0 fully saturated rings. The van der Waals surface area contributed by atoms with Crippen LogP contribution in [0.2, 0.25) is 5.02 Å². The van der Waals surface area contributed by atoms with Gasteiger partial charge in [-0.05, 0) is 38.1 Å². The first kappa shape index (κ1) is 13.1. The van der Waals surface area contributed by atoms with Crippen molar-refractivity contribution >= 4 is 11.6 Å². The lowest BCUT2D eigenvalue weighted by molar-refractivity contribution is 0.670. The van der Waals surface area contributed by atoms with Gasteiger partial charge in [0.15, 0.2) is 0 Å². The second-order valence-electron chi connectivity index (χ2n) is 4.38. The molecule has 0 aliphatic rings. The average Bonchev–Trinajstić information content (AvgIpc) is 2.67. The lowest BCUT2D eigenvalue weighted by atomic mass is 10.0. The van der Waals surface area contributed by atoms with E-state index in [4.69, 9.17) is 11.6 Å². The van der Waals surface area contributed by atoms with E-state index in [0.29, 0.717) is 0 Å². The van der Waals surface area contributed by atoms with Crippen LogP contribution >= 0.6 is 11.6 Å². The topological polar surface area (TPSA) is 29.9 Å². The first-order valence-electron chi connectivity index (χ1n) is 6.11. The third-order valence-corrected chi connectivity index (χ3v) is 3.35. The third-order valence-electron chi connectivity index (χ3n) is 2.98. The zero-order chi connectivity index (χ0) is 13.0. The van der Waals surface area contributed by atoms with Gasteiger partial charge in [0.2, 0.25) is 0 Å². The molecule has 0 saturated carbocycles. The summed E-state index contributed by atoms with van der Waals surface area (Å²) in [7, 11) is 1.97. The number of hydrogen-bond donors (Lipinski definition) is 1. The molecular weight excluding hydrogens is 246 g/mol.